The average molecular weight is 372 g/mol. The fourth-order valence-corrected chi connectivity index (χ4v) is 3.31. The first-order valence-electron chi connectivity index (χ1n) is 8.49. The number of hydrogen-bond donors (Lipinski definition) is 1. The van der Waals surface area contributed by atoms with Crippen molar-refractivity contribution < 1.29 is 14.3 Å². The van der Waals surface area contributed by atoms with Crippen LogP contribution in [0.4, 0.5) is 0 Å². The SMILES string of the molecule is CC1(C)C(/C=C(/N)Cl)C1C(=O)OCc1cccc(Oc2ccccc2)c1. The molecule has 2 aromatic carbocycles. The highest BCUT2D eigenvalue weighted by atomic mass is 35.5. The number of benzene rings is 2. The fourth-order valence-electron chi connectivity index (χ4n) is 3.18. The van der Waals surface area contributed by atoms with Crippen LogP contribution in [0.25, 0.3) is 0 Å². The van der Waals surface area contributed by atoms with Crippen molar-refractivity contribution in [1.82, 2.24) is 0 Å². The van der Waals surface area contributed by atoms with Crippen LogP contribution in [0.5, 0.6) is 11.5 Å². The third-order valence-corrected chi connectivity index (χ3v) is 4.89. The normalized spacial score (nSPS) is 21.1. The van der Waals surface area contributed by atoms with Gasteiger partial charge in [-0.2, -0.15) is 0 Å². The zero-order valence-corrected chi connectivity index (χ0v) is 15.6. The summed E-state index contributed by atoms with van der Waals surface area (Å²) in [4.78, 5) is 12.4. The molecule has 1 aliphatic carbocycles. The van der Waals surface area contributed by atoms with E-state index in [4.69, 9.17) is 26.8 Å². The molecule has 0 bridgehead atoms. The smallest absolute Gasteiger partial charge is 0.310 e. The maximum absolute atomic E-state index is 12.4. The molecule has 2 unspecified atom stereocenters. The molecule has 3 rings (SSSR count). The number of allylic oxidation sites excluding steroid dienone is 1. The third kappa shape index (κ3) is 4.20. The van der Waals surface area contributed by atoms with Gasteiger partial charge in [0, 0.05) is 0 Å². The van der Waals surface area contributed by atoms with Crippen molar-refractivity contribution >= 4 is 17.6 Å². The van der Waals surface area contributed by atoms with E-state index < -0.39 is 0 Å². The molecule has 0 amide bonds. The van der Waals surface area contributed by atoms with Crippen molar-refractivity contribution in [3.05, 3.63) is 71.4 Å². The Morgan fingerprint density at radius 1 is 1.15 bits per heavy atom. The molecular weight excluding hydrogens is 350 g/mol. The van der Waals surface area contributed by atoms with Crippen LogP contribution >= 0.6 is 11.6 Å². The first-order chi connectivity index (χ1) is 12.4. The Labute approximate surface area is 158 Å². The van der Waals surface area contributed by atoms with Gasteiger partial charge in [-0.1, -0.05) is 55.8 Å². The largest absolute Gasteiger partial charge is 0.461 e. The van der Waals surface area contributed by atoms with E-state index >= 15 is 0 Å². The van der Waals surface area contributed by atoms with E-state index in [-0.39, 0.29) is 35.0 Å². The molecule has 0 aromatic heterocycles. The molecular formula is C21H22ClNO3. The zero-order valence-electron chi connectivity index (χ0n) is 14.8. The van der Waals surface area contributed by atoms with Crippen LogP contribution < -0.4 is 10.5 Å². The van der Waals surface area contributed by atoms with Crippen LogP contribution in [0.3, 0.4) is 0 Å². The van der Waals surface area contributed by atoms with E-state index in [2.05, 4.69) is 0 Å². The molecule has 0 aliphatic heterocycles. The maximum Gasteiger partial charge on any atom is 0.310 e. The van der Waals surface area contributed by atoms with Crippen molar-refractivity contribution in [2.75, 3.05) is 0 Å². The summed E-state index contributed by atoms with van der Waals surface area (Å²) in [5.41, 5.74) is 6.21. The lowest BCUT2D eigenvalue weighted by atomic mass is 10.1. The molecule has 2 atom stereocenters. The highest BCUT2D eigenvalue weighted by Gasteiger charge is 2.61. The summed E-state index contributed by atoms with van der Waals surface area (Å²) >= 11 is 5.74. The lowest BCUT2D eigenvalue weighted by Gasteiger charge is -2.09. The number of hydrogen-bond acceptors (Lipinski definition) is 4. The summed E-state index contributed by atoms with van der Waals surface area (Å²) in [6, 6.07) is 17.0. The van der Waals surface area contributed by atoms with Crippen LogP contribution in [0.1, 0.15) is 19.4 Å². The standard InChI is InChI=1S/C21H22ClNO3/c1-21(2)17(12-18(22)23)19(21)20(24)25-13-14-7-6-10-16(11-14)26-15-8-4-3-5-9-15/h3-12,17,19H,13,23H2,1-2H3/b18-12+. The summed E-state index contributed by atoms with van der Waals surface area (Å²) < 4.78 is 11.3. The number of carbonyl (C=O) groups is 1. The van der Waals surface area contributed by atoms with Crippen LogP contribution in [0.15, 0.2) is 65.8 Å². The number of halogens is 1. The number of rotatable bonds is 6. The van der Waals surface area contributed by atoms with E-state index in [1.165, 1.54) is 0 Å². The van der Waals surface area contributed by atoms with E-state index in [1.807, 2.05) is 68.4 Å². The van der Waals surface area contributed by atoms with Crippen LogP contribution in [0.2, 0.25) is 0 Å². The summed E-state index contributed by atoms with van der Waals surface area (Å²) in [6.45, 7) is 4.21. The quantitative estimate of drug-likeness (QED) is 0.583. The molecule has 0 spiro atoms. The van der Waals surface area contributed by atoms with Gasteiger partial charge in [0.15, 0.2) is 0 Å². The molecule has 4 nitrogen and oxygen atoms in total. The van der Waals surface area contributed by atoms with Crippen molar-refractivity contribution in [3.63, 3.8) is 0 Å². The number of nitrogens with two attached hydrogens (primary N) is 1. The Morgan fingerprint density at radius 3 is 2.54 bits per heavy atom. The molecule has 0 saturated heterocycles. The van der Waals surface area contributed by atoms with Gasteiger partial charge in [-0.25, -0.2) is 0 Å². The monoisotopic (exact) mass is 371 g/mol. The van der Waals surface area contributed by atoms with E-state index in [1.54, 1.807) is 6.08 Å². The molecule has 1 saturated carbocycles. The van der Waals surface area contributed by atoms with Crippen molar-refractivity contribution in [2.45, 2.75) is 20.5 Å². The minimum Gasteiger partial charge on any atom is -0.461 e. The lowest BCUT2D eigenvalue weighted by molar-refractivity contribution is -0.147. The Hall–Kier alpha value is -2.46. The topological polar surface area (TPSA) is 61.6 Å². The minimum atomic E-state index is -0.233. The average Bonchev–Trinajstić information content (AvgIpc) is 3.13. The number of esters is 1. The molecule has 136 valence electrons. The molecule has 0 radical (unpaired) electrons. The van der Waals surface area contributed by atoms with Crippen LogP contribution in [-0.4, -0.2) is 5.97 Å². The van der Waals surface area contributed by atoms with Gasteiger partial charge in [-0.15, -0.1) is 0 Å². The highest BCUT2D eigenvalue weighted by molar-refractivity contribution is 6.29. The van der Waals surface area contributed by atoms with Gasteiger partial charge in [0.1, 0.15) is 18.1 Å². The molecule has 2 N–H and O–H groups in total. The summed E-state index contributed by atoms with van der Waals surface area (Å²) in [7, 11) is 0. The van der Waals surface area contributed by atoms with Gasteiger partial charge in [-0.05, 0) is 47.2 Å². The van der Waals surface area contributed by atoms with Crippen molar-refractivity contribution in [2.24, 2.45) is 23.0 Å². The first kappa shape index (κ1) is 18.3. The van der Waals surface area contributed by atoms with Crippen molar-refractivity contribution in [1.29, 1.82) is 0 Å². The minimum absolute atomic E-state index is 0.0141. The zero-order chi connectivity index (χ0) is 18.7. The van der Waals surface area contributed by atoms with Gasteiger partial charge >= 0.3 is 5.97 Å². The first-order valence-corrected chi connectivity index (χ1v) is 8.87. The van der Waals surface area contributed by atoms with Crippen LogP contribution in [-0.2, 0) is 16.1 Å². The second-order valence-corrected chi connectivity index (χ2v) is 7.48. The van der Waals surface area contributed by atoms with Gasteiger partial charge in [0.05, 0.1) is 11.1 Å². The molecule has 26 heavy (non-hydrogen) atoms. The molecule has 0 heterocycles. The second-order valence-electron chi connectivity index (χ2n) is 7.05. The van der Waals surface area contributed by atoms with Gasteiger partial charge in [-0.3, -0.25) is 4.79 Å². The van der Waals surface area contributed by atoms with Crippen LogP contribution in [0, 0.1) is 17.3 Å². The number of ether oxygens (including phenoxy) is 2. The lowest BCUT2D eigenvalue weighted by Crippen LogP contribution is -2.10. The molecule has 2 aromatic rings. The van der Waals surface area contributed by atoms with Gasteiger partial charge in [0.2, 0.25) is 0 Å². The van der Waals surface area contributed by atoms with E-state index in [0.717, 1.165) is 11.3 Å². The second kappa shape index (κ2) is 7.42. The fraction of sp³-hybridized carbons (Fsp3) is 0.286. The molecule has 1 fully saturated rings. The van der Waals surface area contributed by atoms with Gasteiger partial charge < -0.3 is 15.2 Å². The van der Waals surface area contributed by atoms with Crippen molar-refractivity contribution in [3.8, 4) is 11.5 Å². The Bertz CT molecular complexity index is 813. The summed E-state index contributed by atoms with van der Waals surface area (Å²) in [5, 5.41) is 0.212. The third-order valence-electron chi connectivity index (χ3n) is 4.76. The number of carbonyl (C=O) groups excluding carboxylic acids is 1. The maximum atomic E-state index is 12.4. The Morgan fingerprint density at radius 2 is 1.85 bits per heavy atom. The number of para-hydroxylation sites is 1. The molecule has 5 heteroatoms. The Balaban J connectivity index is 1.59. The van der Waals surface area contributed by atoms with E-state index in [9.17, 15) is 4.79 Å². The molecule has 1 aliphatic rings. The van der Waals surface area contributed by atoms with Gasteiger partial charge in [0.25, 0.3) is 0 Å². The predicted molar refractivity (Wildman–Crippen MR) is 102 cm³/mol. The summed E-state index contributed by atoms with van der Waals surface area (Å²) in [6.07, 6.45) is 1.72. The predicted octanol–water partition coefficient (Wildman–Crippen LogP) is 4.83. The highest BCUT2D eigenvalue weighted by Crippen LogP contribution is 2.59. The summed E-state index contributed by atoms with van der Waals surface area (Å²) in [5.74, 6) is 1.02. The Kier molecular flexibility index (Phi) is 5.23. The van der Waals surface area contributed by atoms with E-state index in [0.29, 0.717) is 5.75 Å².